The third-order valence-electron chi connectivity index (χ3n) is 7.11. The van der Waals surface area contributed by atoms with E-state index in [1.807, 2.05) is 0 Å². The number of Topliss-reactive ketones (excluding diaryl/α,β-unsaturated/α-hetero) is 1. The number of carbonyl (C=O) groups is 4. The maximum atomic E-state index is 13.4. The molecule has 7 nitrogen and oxygen atoms in total. The molecule has 0 spiro atoms. The van der Waals surface area contributed by atoms with Gasteiger partial charge in [0, 0.05) is 17.8 Å². The van der Waals surface area contributed by atoms with Crippen molar-refractivity contribution in [2.45, 2.75) is 136 Å². The fourth-order valence-corrected chi connectivity index (χ4v) is 4.83. The maximum Gasteiger partial charge on any atom is 0.471 e. The lowest BCUT2D eigenvalue weighted by Gasteiger charge is -2.24. The molecule has 1 amide bonds. The summed E-state index contributed by atoms with van der Waals surface area (Å²) in [7, 11) is 0. The summed E-state index contributed by atoms with van der Waals surface area (Å²) in [5.41, 5.74) is -1.12. The summed E-state index contributed by atoms with van der Waals surface area (Å²) in [5, 5.41) is 0. The summed E-state index contributed by atoms with van der Waals surface area (Å²) in [4.78, 5) is 51.1. The fourth-order valence-electron chi connectivity index (χ4n) is 4.83. The van der Waals surface area contributed by atoms with E-state index in [-0.39, 0.29) is 24.4 Å². The second kappa shape index (κ2) is 20.2. The van der Waals surface area contributed by atoms with Gasteiger partial charge < -0.3 is 14.4 Å². The average molecular weight is 628 g/mol. The molecule has 0 saturated carbocycles. The Morgan fingerprint density at radius 1 is 0.705 bits per heavy atom. The predicted molar refractivity (Wildman–Crippen MR) is 165 cm³/mol. The van der Waals surface area contributed by atoms with E-state index in [4.69, 9.17) is 9.47 Å². The molecule has 0 saturated heterocycles. The van der Waals surface area contributed by atoms with Crippen molar-refractivity contribution in [3.8, 4) is 0 Å². The minimum atomic E-state index is -5.07. The molecule has 0 aliphatic heterocycles. The van der Waals surface area contributed by atoms with Crippen LogP contribution in [0.25, 0.3) is 0 Å². The van der Waals surface area contributed by atoms with E-state index < -0.39 is 41.3 Å². The SMILES string of the molecule is CCCCCCCCCCCCCCCCN(C(=O)C(F)(F)F)c1ccc(C(=O)C(C(=O)OCC)C(=O)OC(C)(C)C)cc1. The lowest BCUT2D eigenvalue weighted by molar-refractivity contribution is -0.170. The third-order valence-corrected chi connectivity index (χ3v) is 7.11. The number of hydrogen-bond donors (Lipinski definition) is 0. The van der Waals surface area contributed by atoms with Gasteiger partial charge in [-0.1, -0.05) is 90.4 Å². The van der Waals surface area contributed by atoms with Crippen molar-refractivity contribution in [2.75, 3.05) is 18.1 Å². The van der Waals surface area contributed by atoms with Crippen molar-refractivity contribution < 1.29 is 41.8 Å². The molecule has 0 aromatic heterocycles. The number of ketones is 1. The van der Waals surface area contributed by atoms with Crippen LogP contribution in [0.5, 0.6) is 0 Å². The molecule has 0 bridgehead atoms. The molecular weight excluding hydrogens is 575 g/mol. The van der Waals surface area contributed by atoms with Gasteiger partial charge in [-0.05, 0) is 58.4 Å². The zero-order chi connectivity index (χ0) is 33.2. The van der Waals surface area contributed by atoms with Crippen LogP contribution in [0.1, 0.15) is 135 Å². The summed E-state index contributed by atoms with van der Waals surface area (Å²) in [6.45, 7) is 8.27. The van der Waals surface area contributed by atoms with Crippen LogP contribution in [0.15, 0.2) is 24.3 Å². The molecule has 1 unspecified atom stereocenters. The molecule has 0 fully saturated rings. The first-order chi connectivity index (χ1) is 20.7. The fraction of sp³-hybridized carbons (Fsp3) is 0.706. The highest BCUT2D eigenvalue weighted by Gasteiger charge is 2.43. The lowest BCUT2D eigenvalue weighted by atomic mass is 9.97. The Kier molecular flexibility index (Phi) is 17.9. The molecule has 44 heavy (non-hydrogen) atoms. The summed E-state index contributed by atoms with van der Waals surface area (Å²) in [6.07, 6.45) is 10.4. The third kappa shape index (κ3) is 15.2. The van der Waals surface area contributed by atoms with Gasteiger partial charge in [0.1, 0.15) is 5.60 Å². The normalized spacial score (nSPS) is 12.5. The van der Waals surface area contributed by atoms with Gasteiger partial charge >= 0.3 is 24.0 Å². The van der Waals surface area contributed by atoms with E-state index in [0.29, 0.717) is 17.7 Å². The Hall–Kier alpha value is -2.91. The van der Waals surface area contributed by atoms with E-state index >= 15 is 0 Å². The van der Waals surface area contributed by atoms with E-state index in [1.165, 1.54) is 82.6 Å². The molecule has 0 heterocycles. The maximum absolute atomic E-state index is 13.4. The van der Waals surface area contributed by atoms with Gasteiger partial charge in [0.25, 0.3) is 0 Å². The standard InChI is InChI=1S/C34H52F3NO6/c1-6-8-9-10-11-12-13-14-15-16-17-18-19-20-25-38(32(42)34(35,36)37)27-23-21-26(22-24-27)29(39)28(30(40)43-7-2)31(41)44-33(3,4)5/h21-24,28H,6-20,25H2,1-5H3. The first-order valence-corrected chi connectivity index (χ1v) is 16.1. The lowest BCUT2D eigenvalue weighted by Crippen LogP contribution is -2.42. The second-order valence-electron chi connectivity index (χ2n) is 12.2. The molecule has 0 aliphatic rings. The van der Waals surface area contributed by atoms with Crippen LogP contribution in [-0.2, 0) is 23.9 Å². The number of carbonyl (C=O) groups excluding carboxylic acids is 4. The van der Waals surface area contributed by atoms with E-state index in [1.54, 1.807) is 20.8 Å². The van der Waals surface area contributed by atoms with Crippen LogP contribution in [0.3, 0.4) is 0 Å². The summed E-state index contributed by atoms with van der Waals surface area (Å²) in [6, 6.07) is 4.79. The number of anilines is 1. The van der Waals surface area contributed by atoms with Crippen molar-refractivity contribution in [2.24, 2.45) is 5.92 Å². The van der Waals surface area contributed by atoms with Gasteiger partial charge in [-0.2, -0.15) is 13.2 Å². The molecule has 1 aromatic rings. The highest BCUT2D eigenvalue weighted by atomic mass is 19.4. The highest BCUT2D eigenvalue weighted by molar-refractivity contribution is 6.21. The van der Waals surface area contributed by atoms with Crippen molar-refractivity contribution >= 4 is 29.3 Å². The Morgan fingerprint density at radius 3 is 1.57 bits per heavy atom. The van der Waals surface area contributed by atoms with Crippen LogP contribution in [0, 0.1) is 5.92 Å². The number of esters is 2. The van der Waals surface area contributed by atoms with Crippen LogP contribution >= 0.6 is 0 Å². The topological polar surface area (TPSA) is 90.0 Å². The first kappa shape index (κ1) is 39.1. The Morgan fingerprint density at radius 2 is 1.16 bits per heavy atom. The van der Waals surface area contributed by atoms with Gasteiger partial charge in [0.15, 0.2) is 5.78 Å². The Labute approximate surface area is 261 Å². The van der Waals surface area contributed by atoms with Crippen LogP contribution < -0.4 is 4.90 Å². The molecule has 0 N–H and O–H groups in total. The number of benzene rings is 1. The minimum Gasteiger partial charge on any atom is -0.465 e. The Bertz CT molecular complexity index is 1020. The number of unbranched alkanes of at least 4 members (excludes halogenated alkanes) is 13. The number of rotatable bonds is 21. The predicted octanol–water partition coefficient (Wildman–Crippen LogP) is 8.77. The van der Waals surface area contributed by atoms with Gasteiger partial charge in [-0.15, -0.1) is 0 Å². The number of alkyl halides is 3. The largest absolute Gasteiger partial charge is 0.471 e. The number of amides is 1. The molecule has 1 aromatic carbocycles. The monoisotopic (exact) mass is 627 g/mol. The zero-order valence-electron chi connectivity index (χ0n) is 27.2. The summed E-state index contributed by atoms with van der Waals surface area (Å²) in [5.74, 6) is -6.96. The van der Waals surface area contributed by atoms with Crippen molar-refractivity contribution in [1.29, 1.82) is 0 Å². The van der Waals surface area contributed by atoms with Gasteiger partial charge in [0.2, 0.25) is 5.92 Å². The van der Waals surface area contributed by atoms with Crippen LogP contribution in [0.2, 0.25) is 0 Å². The molecule has 10 heteroatoms. The van der Waals surface area contributed by atoms with E-state index in [0.717, 1.165) is 25.7 Å². The second-order valence-corrected chi connectivity index (χ2v) is 12.2. The van der Waals surface area contributed by atoms with Crippen LogP contribution in [0.4, 0.5) is 18.9 Å². The Balaban J connectivity index is 2.74. The first-order valence-electron chi connectivity index (χ1n) is 16.1. The zero-order valence-corrected chi connectivity index (χ0v) is 27.2. The highest BCUT2D eigenvalue weighted by Crippen LogP contribution is 2.26. The number of ether oxygens (including phenoxy) is 2. The van der Waals surface area contributed by atoms with Gasteiger partial charge in [-0.25, -0.2) is 0 Å². The smallest absolute Gasteiger partial charge is 0.465 e. The molecule has 0 radical (unpaired) electrons. The van der Waals surface area contributed by atoms with Crippen molar-refractivity contribution in [3.63, 3.8) is 0 Å². The summed E-state index contributed by atoms with van der Waals surface area (Å²) < 4.78 is 50.4. The van der Waals surface area contributed by atoms with E-state index in [9.17, 15) is 32.3 Å². The quantitative estimate of drug-likeness (QED) is 0.0586. The van der Waals surface area contributed by atoms with Crippen LogP contribution in [-0.4, -0.2) is 48.6 Å². The minimum absolute atomic E-state index is 0.0384. The molecule has 0 aliphatic carbocycles. The summed E-state index contributed by atoms with van der Waals surface area (Å²) >= 11 is 0. The van der Waals surface area contributed by atoms with E-state index in [2.05, 4.69) is 6.92 Å². The molecule has 1 rings (SSSR count). The van der Waals surface area contributed by atoms with Crippen molar-refractivity contribution in [1.82, 2.24) is 0 Å². The number of nitrogens with zero attached hydrogens (tertiary/aromatic N) is 1. The average Bonchev–Trinajstić information content (AvgIpc) is 2.94. The van der Waals surface area contributed by atoms with Gasteiger partial charge in [0.05, 0.1) is 6.61 Å². The molecule has 1 atom stereocenters. The molecular formula is C34H52F3NO6. The van der Waals surface area contributed by atoms with Gasteiger partial charge in [-0.3, -0.25) is 19.2 Å². The number of halogens is 3. The van der Waals surface area contributed by atoms with Crippen molar-refractivity contribution in [3.05, 3.63) is 29.8 Å². The molecule has 250 valence electrons. The number of hydrogen-bond acceptors (Lipinski definition) is 6.